The van der Waals surface area contributed by atoms with E-state index in [1.54, 1.807) is 0 Å². The SMILES string of the molecule is CC1CN(Cc2cccc(CNC(=O)CCN)c2)CCO1. The van der Waals surface area contributed by atoms with E-state index >= 15 is 0 Å². The number of morpholine rings is 1. The van der Waals surface area contributed by atoms with Crippen LogP contribution in [-0.4, -0.2) is 43.2 Å². The van der Waals surface area contributed by atoms with Crippen LogP contribution in [0.5, 0.6) is 0 Å². The molecule has 21 heavy (non-hydrogen) atoms. The smallest absolute Gasteiger partial charge is 0.221 e. The molecule has 0 radical (unpaired) electrons. The summed E-state index contributed by atoms with van der Waals surface area (Å²) in [6.07, 6.45) is 0.684. The highest BCUT2D eigenvalue weighted by molar-refractivity contribution is 5.76. The van der Waals surface area contributed by atoms with Crippen molar-refractivity contribution in [3.63, 3.8) is 0 Å². The van der Waals surface area contributed by atoms with Crippen LogP contribution < -0.4 is 11.1 Å². The van der Waals surface area contributed by atoms with Gasteiger partial charge in [0.2, 0.25) is 5.91 Å². The van der Waals surface area contributed by atoms with Crippen LogP contribution in [0.3, 0.4) is 0 Å². The molecule has 0 aliphatic carbocycles. The van der Waals surface area contributed by atoms with Gasteiger partial charge in [-0.2, -0.15) is 0 Å². The van der Waals surface area contributed by atoms with E-state index in [4.69, 9.17) is 10.5 Å². The highest BCUT2D eigenvalue weighted by Gasteiger charge is 2.16. The van der Waals surface area contributed by atoms with Crippen molar-refractivity contribution in [3.05, 3.63) is 35.4 Å². The number of hydrogen-bond donors (Lipinski definition) is 2. The maximum Gasteiger partial charge on any atom is 0.221 e. The van der Waals surface area contributed by atoms with E-state index in [0.717, 1.165) is 31.8 Å². The van der Waals surface area contributed by atoms with E-state index in [1.807, 2.05) is 12.1 Å². The molecule has 0 bridgehead atoms. The Morgan fingerprint density at radius 1 is 1.48 bits per heavy atom. The largest absolute Gasteiger partial charge is 0.376 e. The summed E-state index contributed by atoms with van der Waals surface area (Å²) in [4.78, 5) is 13.8. The first-order valence-electron chi connectivity index (χ1n) is 7.56. The normalized spacial score (nSPS) is 19.4. The summed E-state index contributed by atoms with van der Waals surface area (Å²) in [5.41, 5.74) is 7.76. The molecule has 1 fully saturated rings. The molecule has 0 spiro atoms. The summed E-state index contributed by atoms with van der Waals surface area (Å²) >= 11 is 0. The minimum Gasteiger partial charge on any atom is -0.376 e. The molecule has 1 unspecified atom stereocenters. The van der Waals surface area contributed by atoms with E-state index in [2.05, 4.69) is 29.3 Å². The van der Waals surface area contributed by atoms with Crippen LogP contribution in [0.15, 0.2) is 24.3 Å². The van der Waals surface area contributed by atoms with Crippen molar-refractivity contribution >= 4 is 5.91 Å². The molecule has 1 saturated heterocycles. The number of nitrogens with zero attached hydrogens (tertiary/aromatic N) is 1. The van der Waals surface area contributed by atoms with Crippen molar-refractivity contribution in [2.45, 2.75) is 32.5 Å². The van der Waals surface area contributed by atoms with Gasteiger partial charge in [-0.25, -0.2) is 0 Å². The van der Waals surface area contributed by atoms with Gasteiger partial charge in [-0.05, 0) is 18.1 Å². The second kappa shape index (κ2) is 8.12. The van der Waals surface area contributed by atoms with Crippen LogP contribution in [-0.2, 0) is 22.6 Å². The Morgan fingerprint density at radius 3 is 3.05 bits per heavy atom. The molecule has 5 nitrogen and oxygen atoms in total. The molecule has 5 heteroatoms. The van der Waals surface area contributed by atoms with Crippen molar-refractivity contribution in [2.75, 3.05) is 26.2 Å². The van der Waals surface area contributed by atoms with E-state index < -0.39 is 0 Å². The molecular formula is C16H25N3O2. The summed E-state index contributed by atoms with van der Waals surface area (Å²) in [7, 11) is 0. The topological polar surface area (TPSA) is 67.6 Å². The lowest BCUT2D eigenvalue weighted by atomic mass is 10.1. The second-order valence-corrected chi connectivity index (χ2v) is 5.55. The van der Waals surface area contributed by atoms with Gasteiger partial charge in [0, 0.05) is 39.1 Å². The lowest BCUT2D eigenvalue weighted by molar-refractivity contribution is -0.121. The summed E-state index contributed by atoms with van der Waals surface area (Å²) in [5, 5.41) is 2.89. The fourth-order valence-corrected chi connectivity index (χ4v) is 2.55. The monoisotopic (exact) mass is 291 g/mol. The lowest BCUT2D eigenvalue weighted by Crippen LogP contribution is -2.40. The van der Waals surface area contributed by atoms with Crippen LogP contribution in [0.1, 0.15) is 24.5 Å². The Kier molecular flexibility index (Phi) is 6.17. The fraction of sp³-hybridized carbons (Fsp3) is 0.562. The van der Waals surface area contributed by atoms with E-state index in [0.29, 0.717) is 25.6 Å². The average Bonchev–Trinajstić information content (AvgIpc) is 2.46. The maximum absolute atomic E-state index is 11.4. The first kappa shape index (κ1) is 15.9. The van der Waals surface area contributed by atoms with Gasteiger partial charge in [-0.15, -0.1) is 0 Å². The summed E-state index contributed by atoms with van der Waals surface area (Å²) in [6, 6.07) is 8.37. The third-order valence-electron chi connectivity index (χ3n) is 3.58. The Bertz CT molecular complexity index is 465. The maximum atomic E-state index is 11.4. The zero-order chi connectivity index (χ0) is 15.1. The average molecular weight is 291 g/mol. The van der Waals surface area contributed by atoms with Gasteiger partial charge >= 0.3 is 0 Å². The minimum atomic E-state index is 0.00454. The van der Waals surface area contributed by atoms with E-state index in [9.17, 15) is 4.79 Å². The quantitative estimate of drug-likeness (QED) is 0.816. The van der Waals surface area contributed by atoms with Crippen LogP contribution in [0.25, 0.3) is 0 Å². The molecule has 1 aliphatic rings. The van der Waals surface area contributed by atoms with Gasteiger partial charge in [-0.3, -0.25) is 9.69 Å². The molecule has 2 rings (SSSR count). The minimum absolute atomic E-state index is 0.00454. The Balaban J connectivity index is 1.86. The van der Waals surface area contributed by atoms with Crippen LogP contribution in [0.4, 0.5) is 0 Å². The first-order valence-corrected chi connectivity index (χ1v) is 7.56. The van der Waals surface area contributed by atoms with Gasteiger partial charge in [0.1, 0.15) is 0 Å². The van der Waals surface area contributed by atoms with Gasteiger partial charge in [-0.1, -0.05) is 24.3 Å². The first-order chi connectivity index (χ1) is 10.2. The number of rotatable bonds is 6. The van der Waals surface area contributed by atoms with Crippen LogP contribution >= 0.6 is 0 Å². The number of hydrogen-bond acceptors (Lipinski definition) is 4. The predicted octanol–water partition coefficient (Wildman–Crippen LogP) is 0.872. The number of ether oxygens (including phenoxy) is 1. The molecule has 1 aromatic rings. The zero-order valence-electron chi connectivity index (χ0n) is 12.7. The highest BCUT2D eigenvalue weighted by Crippen LogP contribution is 2.12. The number of nitrogens with two attached hydrogens (primary N) is 1. The fourth-order valence-electron chi connectivity index (χ4n) is 2.55. The number of amides is 1. The van der Waals surface area contributed by atoms with E-state index in [-0.39, 0.29) is 5.91 Å². The molecular weight excluding hydrogens is 266 g/mol. The van der Waals surface area contributed by atoms with Crippen LogP contribution in [0, 0.1) is 0 Å². The molecule has 1 atom stereocenters. The summed E-state index contributed by atoms with van der Waals surface area (Å²) in [5.74, 6) is 0.00454. The molecule has 0 aromatic heterocycles. The molecule has 0 saturated carbocycles. The zero-order valence-corrected chi connectivity index (χ0v) is 12.7. The van der Waals surface area contributed by atoms with Gasteiger partial charge in [0.05, 0.1) is 12.7 Å². The number of nitrogens with one attached hydrogen (secondary N) is 1. The van der Waals surface area contributed by atoms with Crippen molar-refractivity contribution < 1.29 is 9.53 Å². The van der Waals surface area contributed by atoms with E-state index in [1.165, 1.54) is 5.56 Å². The van der Waals surface area contributed by atoms with Crippen molar-refractivity contribution in [1.82, 2.24) is 10.2 Å². The lowest BCUT2D eigenvalue weighted by Gasteiger charge is -2.31. The standard InChI is InChI=1S/C16H25N3O2/c1-13-11-19(7-8-21-13)12-15-4-2-3-14(9-15)10-18-16(20)5-6-17/h2-4,9,13H,5-8,10-12,17H2,1H3,(H,18,20). The Hall–Kier alpha value is -1.43. The third-order valence-corrected chi connectivity index (χ3v) is 3.58. The molecule has 1 aliphatic heterocycles. The van der Waals surface area contributed by atoms with Crippen molar-refractivity contribution in [3.8, 4) is 0 Å². The molecule has 3 N–H and O–H groups in total. The van der Waals surface area contributed by atoms with Crippen molar-refractivity contribution in [2.24, 2.45) is 5.73 Å². The predicted molar refractivity (Wildman–Crippen MR) is 82.7 cm³/mol. The number of carbonyl (C=O) groups excluding carboxylic acids is 1. The summed E-state index contributed by atoms with van der Waals surface area (Å²) in [6.45, 7) is 6.73. The molecule has 1 heterocycles. The Morgan fingerprint density at radius 2 is 2.29 bits per heavy atom. The summed E-state index contributed by atoms with van der Waals surface area (Å²) < 4.78 is 5.56. The van der Waals surface area contributed by atoms with Gasteiger partial charge in [0.15, 0.2) is 0 Å². The van der Waals surface area contributed by atoms with Crippen molar-refractivity contribution in [1.29, 1.82) is 0 Å². The second-order valence-electron chi connectivity index (χ2n) is 5.55. The van der Waals surface area contributed by atoms with Gasteiger partial charge < -0.3 is 15.8 Å². The molecule has 116 valence electrons. The van der Waals surface area contributed by atoms with Gasteiger partial charge in [0.25, 0.3) is 0 Å². The molecule has 1 amide bonds. The highest BCUT2D eigenvalue weighted by atomic mass is 16.5. The number of benzene rings is 1. The Labute approximate surface area is 126 Å². The van der Waals surface area contributed by atoms with Crippen LogP contribution in [0.2, 0.25) is 0 Å². The molecule has 1 aromatic carbocycles. The number of carbonyl (C=O) groups is 1. The third kappa shape index (κ3) is 5.46.